The van der Waals surface area contributed by atoms with Crippen LogP contribution < -0.4 is 10.4 Å². The molecule has 25 heavy (non-hydrogen) atoms. The van der Waals surface area contributed by atoms with Gasteiger partial charge in [0.2, 0.25) is 0 Å². The van der Waals surface area contributed by atoms with E-state index in [0.717, 1.165) is 14.8 Å². The Labute approximate surface area is 160 Å². The highest BCUT2D eigenvalue weighted by atomic mass is 127. The lowest BCUT2D eigenvalue weighted by molar-refractivity contribution is 0.0430. The number of halogens is 1. The van der Waals surface area contributed by atoms with Gasteiger partial charge in [-0.2, -0.15) is 0 Å². The molecule has 3 rings (SSSR count). The van der Waals surface area contributed by atoms with Crippen molar-refractivity contribution >= 4 is 34.4 Å². The summed E-state index contributed by atoms with van der Waals surface area (Å²) in [5.41, 5.74) is 1.81. The topological polar surface area (TPSA) is 50.8 Å². The number of benzene rings is 2. The number of carbonyl (C=O) groups is 1. The fourth-order valence-electron chi connectivity index (χ4n) is 2.42. The number of ether oxygens (including phenoxy) is 1. The normalized spacial score (nSPS) is 19.5. The van der Waals surface area contributed by atoms with Gasteiger partial charge in [-0.1, -0.05) is 36.4 Å². The van der Waals surface area contributed by atoms with Gasteiger partial charge in [0.25, 0.3) is 0 Å². The molecule has 5 nitrogen and oxygen atoms in total. The van der Waals surface area contributed by atoms with E-state index in [1.54, 1.807) is 5.06 Å². The van der Waals surface area contributed by atoms with E-state index in [2.05, 4.69) is 27.9 Å². The Morgan fingerprint density at radius 1 is 1.16 bits per heavy atom. The van der Waals surface area contributed by atoms with Crippen molar-refractivity contribution < 1.29 is 14.4 Å². The number of alkyl carbamates (subject to hydrolysis) is 1. The first kappa shape index (κ1) is 17.8. The van der Waals surface area contributed by atoms with Gasteiger partial charge in [0.1, 0.15) is 18.9 Å². The van der Waals surface area contributed by atoms with Crippen molar-refractivity contribution in [2.75, 3.05) is 5.06 Å². The number of amides is 1. The van der Waals surface area contributed by atoms with Crippen LogP contribution in [0.2, 0.25) is 0 Å². The molecule has 0 aromatic heterocycles. The van der Waals surface area contributed by atoms with Gasteiger partial charge in [-0.3, -0.25) is 10.2 Å². The number of carbonyl (C=O) groups excluding carboxylic acids is 1. The summed E-state index contributed by atoms with van der Waals surface area (Å²) in [6, 6.07) is 17.5. The first-order valence-electron chi connectivity index (χ1n) is 7.99. The van der Waals surface area contributed by atoms with Gasteiger partial charge >= 0.3 is 6.09 Å². The lowest BCUT2D eigenvalue weighted by Gasteiger charge is -2.35. The monoisotopic (exact) mass is 450 g/mol. The first-order valence-corrected chi connectivity index (χ1v) is 9.07. The van der Waals surface area contributed by atoms with Crippen LogP contribution >= 0.6 is 22.6 Å². The predicted molar refractivity (Wildman–Crippen MR) is 105 cm³/mol. The molecule has 1 heterocycles. The van der Waals surface area contributed by atoms with E-state index in [4.69, 9.17) is 9.57 Å². The number of hydrogen-bond acceptors (Lipinski definition) is 4. The number of anilines is 1. The zero-order valence-corrected chi connectivity index (χ0v) is 15.9. The zero-order valence-electron chi connectivity index (χ0n) is 13.8. The highest BCUT2D eigenvalue weighted by Crippen LogP contribution is 2.23. The number of rotatable bonds is 4. The Hall–Kier alpha value is -2.06. The summed E-state index contributed by atoms with van der Waals surface area (Å²) in [4.78, 5) is 18.0. The molecule has 0 fully saturated rings. The van der Waals surface area contributed by atoms with Crippen molar-refractivity contribution in [3.05, 3.63) is 75.9 Å². The largest absolute Gasteiger partial charge is 0.445 e. The smallest absolute Gasteiger partial charge is 0.409 e. The summed E-state index contributed by atoms with van der Waals surface area (Å²) in [5.74, 6) is 0. The minimum absolute atomic E-state index is 0.0716. The van der Waals surface area contributed by atoms with Crippen LogP contribution in [-0.2, 0) is 16.2 Å². The minimum atomic E-state index is -0.493. The van der Waals surface area contributed by atoms with Crippen LogP contribution in [0, 0.1) is 3.57 Å². The maximum absolute atomic E-state index is 12.1. The molecule has 2 aromatic rings. The average molecular weight is 450 g/mol. The quantitative estimate of drug-likeness (QED) is 0.560. The molecule has 1 aliphatic rings. The Morgan fingerprint density at radius 3 is 2.60 bits per heavy atom. The van der Waals surface area contributed by atoms with E-state index in [1.807, 2.05) is 73.7 Å². The molecule has 1 N–H and O–H groups in total. The second kappa shape index (κ2) is 8.35. The molecule has 0 saturated heterocycles. The average Bonchev–Trinajstić information content (AvgIpc) is 2.63. The lowest BCUT2D eigenvalue weighted by atomic mass is 10.2. The van der Waals surface area contributed by atoms with Crippen molar-refractivity contribution in [3.63, 3.8) is 0 Å². The molecule has 2 atom stereocenters. The van der Waals surface area contributed by atoms with Crippen LogP contribution in [-0.4, -0.2) is 18.4 Å². The molecular weight excluding hydrogens is 431 g/mol. The van der Waals surface area contributed by atoms with E-state index >= 15 is 0 Å². The highest BCUT2D eigenvalue weighted by Gasteiger charge is 2.25. The van der Waals surface area contributed by atoms with E-state index < -0.39 is 12.3 Å². The number of hydroxylamine groups is 1. The number of nitrogens with one attached hydrogen (secondary N) is 1. The molecule has 0 radical (unpaired) electrons. The van der Waals surface area contributed by atoms with Gasteiger partial charge in [0, 0.05) is 3.57 Å². The summed E-state index contributed by atoms with van der Waals surface area (Å²) in [7, 11) is 0. The van der Waals surface area contributed by atoms with Crippen LogP contribution in [0.25, 0.3) is 0 Å². The minimum Gasteiger partial charge on any atom is -0.445 e. The second-order valence-corrected chi connectivity index (χ2v) is 6.89. The molecule has 6 heteroatoms. The third-order valence-electron chi connectivity index (χ3n) is 3.66. The molecule has 0 bridgehead atoms. The Kier molecular flexibility index (Phi) is 5.93. The van der Waals surface area contributed by atoms with Gasteiger partial charge in [0.05, 0.1) is 5.69 Å². The third kappa shape index (κ3) is 4.96. The van der Waals surface area contributed by atoms with Crippen molar-refractivity contribution in [2.24, 2.45) is 0 Å². The molecule has 130 valence electrons. The van der Waals surface area contributed by atoms with Crippen LogP contribution in [0.15, 0.2) is 66.7 Å². The van der Waals surface area contributed by atoms with Gasteiger partial charge in [-0.05, 0) is 65.4 Å². The summed E-state index contributed by atoms with van der Waals surface area (Å²) in [5, 5.41) is 4.51. The van der Waals surface area contributed by atoms with E-state index in [0.29, 0.717) is 0 Å². The van der Waals surface area contributed by atoms with E-state index in [-0.39, 0.29) is 12.7 Å². The van der Waals surface area contributed by atoms with Crippen molar-refractivity contribution in [3.8, 4) is 0 Å². The molecule has 0 aliphatic carbocycles. The maximum atomic E-state index is 12.1. The molecule has 0 unspecified atom stereocenters. The molecule has 2 aromatic carbocycles. The molecule has 1 amide bonds. The number of nitrogens with zero attached hydrogens (tertiary/aromatic N) is 1. The SMILES string of the molecule is C[C@H]1C=C[C@@H](NC(=O)OCc2ccccc2)N(c2ccc(I)cc2)O1. The Morgan fingerprint density at radius 2 is 1.88 bits per heavy atom. The predicted octanol–water partition coefficient (Wildman–Crippen LogP) is 4.24. The molecular formula is C19H19IN2O3. The summed E-state index contributed by atoms with van der Waals surface area (Å²) in [6.07, 6.45) is 2.81. The van der Waals surface area contributed by atoms with Gasteiger partial charge < -0.3 is 4.74 Å². The first-order chi connectivity index (χ1) is 12.1. The van der Waals surface area contributed by atoms with E-state index in [1.165, 1.54) is 0 Å². The summed E-state index contributed by atoms with van der Waals surface area (Å²) >= 11 is 2.25. The fourth-order valence-corrected chi connectivity index (χ4v) is 2.78. The van der Waals surface area contributed by atoms with E-state index in [9.17, 15) is 4.79 Å². The summed E-state index contributed by atoms with van der Waals surface area (Å²) in [6.45, 7) is 2.17. The van der Waals surface area contributed by atoms with Gasteiger partial charge in [0.15, 0.2) is 0 Å². The van der Waals surface area contributed by atoms with Crippen LogP contribution in [0.1, 0.15) is 12.5 Å². The number of hydrogen-bond donors (Lipinski definition) is 1. The van der Waals surface area contributed by atoms with Crippen molar-refractivity contribution in [1.29, 1.82) is 0 Å². The molecule has 0 saturated carbocycles. The second-order valence-electron chi connectivity index (χ2n) is 5.65. The third-order valence-corrected chi connectivity index (χ3v) is 4.38. The fraction of sp³-hybridized carbons (Fsp3) is 0.211. The molecule has 0 spiro atoms. The van der Waals surface area contributed by atoms with Crippen molar-refractivity contribution in [1.82, 2.24) is 5.32 Å². The van der Waals surface area contributed by atoms with Crippen LogP contribution in [0.3, 0.4) is 0 Å². The lowest BCUT2D eigenvalue weighted by Crippen LogP contribution is -2.50. The zero-order chi connectivity index (χ0) is 17.6. The van der Waals surface area contributed by atoms with Gasteiger partial charge in [-0.25, -0.2) is 9.86 Å². The van der Waals surface area contributed by atoms with Gasteiger partial charge in [-0.15, -0.1) is 0 Å². The van der Waals surface area contributed by atoms with Crippen molar-refractivity contribution in [2.45, 2.75) is 25.8 Å². The maximum Gasteiger partial charge on any atom is 0.409 e. The highest BCUT2D eigenvalue weighted by molar-refractivity contribution is 14.1. The molecule has 1 aliphatic heterocycles. The van der Waals surface area contributed by atoms with Crippen LogP contribution in [0.5, 0.6) is 0 Å². The standard InChI is InChI=1S/C19H19IN2O3/c1-14-7-12-18(22(25-14)17-10-8-16(20)9-11-17)21-19(23)24-13-15-5-3-2-4-6-15/h2-12,14,18H,13H2,1H3,(H,21,23)/t14-,18-/m0/s1. The Balaban J connectivity index is 1.64. The summed E-state index contributed by atoms with van der Waals surface area (Å²) < 4.78 is 6.43. The Bertz CT molecular complexity index is 734. The van der Waals surface area contributed by atoms with Crippen LogP contribution in [0.4, 0.5) is 10.5 Å².